The zero-order valence-corrected chi connectivity index (χ0v) is 13.8. The summed E-state index contributed by atoms with van der Waals surface area (Å²) in [5.74, 6) is 0.225. The second-order valence-electron chi connectivity index (χ2n) is 6.15. The molecule has 4 heteroatoms. The van der Waals surface area contributed by atoms with Crippen LogP contribution in [0.3, 0.4) is 0 Å². The molecule has 1 fully saturated rings. The van der Waals surface area contributed by atoms with Gasteiger partial charge < -0.3 is 10.2 Å². The van der Waals surface area contributed by atoms with E-state index in [9.17, 15) is 9.59 Å². The van der Waals surface area contributed by atoms with Crippen molar-refractivity contribution in [3.05, 3.63) is 0 Å². The number of nitrogens with one attached hydrogen (secondary N) is 1. The van der Waals surface area contributed by atoms with Gasteiger partial charge in [0, 0.05) is 5.54 Å². The number of amides is 2. The maximum atomic E-state index is 12.9. The third kappa shape index (κ3) is 2.70. The van der Waals surface area contributed by atoms with Crippen molar-refractivity contribution in [2.75, 3.05) is 0 Å². The lowest BCUT2D eigenvalue weighted by atomic mass is 9.82. The van der Waals surface area contributed by atoms with Gasteiger partial charge in [-0.3, -0.25) is 9.59 Å². The first kappa shape index (κ1) is 17.0. The molecule has 0 radical (unpaired) electrons. The van der Waals surface area contributed by atoms with Gasteiger partial charge in [-0.15, -0.1) is 0 Å². The van der Waals surface area contributed by atoms with Crippen LogP contribution >= 0.6 is 0 Å². The van der Waals surface area contributed by atoms with Gasteiger partial charge in [-0.05, 0) is 31.6 Å². The minimum Gasteiger partial charge on any atom is -0.343 e. The van der Waals surface area contributed by atoms with Gasteiger partial charge in [0.1, 0.15) is 12.1 Å². The fourth-order valence-electron chi connectivity index (χ4n) is 3.41. The number of nitrogens with zero attached hydrogens (tertiary/aromatic N) is 1. The van der Waals surface area contributed by atoms with Crippen molar-refractivity contribution in [1.29, 1.82) is 0 Å². The minimum absolute atomic E-state index is 0.00572. The van der Waals surface area contributed by atoms with Crippen LogP contribution in [0.15, 0.2) is 0 Å². The average Bonchev–Trinajstić information content (AvgIpc) is 2.43. The van der Waals surface area contributed by atoms with Crippen molar-refractivity contribution in [1.82, 2.24) is 10.2 Å². The van der Waals surface area contributed by atoms with E-state index in [1.54, 1.807) is 0 Å². The molecule has 1 aliphatic rings. The van der Waals surface area contributed by atoms with Crippen LogP contribution < -0.4 is 5.32 Å². The third-order valence-electron chi connectivity index (χ3n) is 4.92. The SMILES string of the molecule is CCC1NC(=O)C(C(C)C)N(C(CC)(CC)CC)C1=O. The molecule has 0 aromatic rings. The summed E-state index contributed by atoms with van der Waals surface area (Å²) in [7, 11) is 0. The zero-order chi connectivity index (χ0) is 15.5. The lowest BCUT2D eigenvalue weighted by Gasteiger charge is -2.51. The molecule has 1 saturated heterocycles. The third-order valence-corrected chi connectivity index (χ3v) is 4.92. The van der Waals surface area contributed by atoms with Crippen LogP contribution in [0.25, 0.3) is 0 Å². The predicted octanol–water partition coefficient (Wildman–Crippen LogP) is 2.72. The van der Waals surface area contributed by atoms with Crippen molar-refractivity contribution >= 4 is 11.8 Å². The number of piperazine rings is 1. The quantitative estimate of drug-likeness (QED) is 0.814. The van der Waals surface area contributed by atoms with E-state index in [1.807, 2.05) is 25.7 Å². The van der Waals surface area contributed by atoms with E-state index in [0.717, 1.165) is 19.3 Å². The standard InChI is InChI=1S/C16H30N2O2/c1-7-12-15(20)18(16(8-2,9-3)10-4)13(11(5)6)14(19)17-12/h11-13H,7-10H2,1-6H3,(H,17,19). The highest BCUT2D eigenvalue weighted by Gasteiger charge is 2.49. The van der Waals surface area contributed by atoms with E-state index in [1.165, 1.54) is 0 Å². The van der Waals surface area contributed by atoms with E-state index >= 15 is 0 Å². The smallest absolute Gasteiger partial charge is 0.246 e. The van der Waals surface area contributed by atoms with Crippen molar-refractivity contribution in [2.24, 2.45) is 5.92 Å². The first-order valence-corrected chi connectivity index (χ1v) is 8.02. The van der Waals surface area contributed by atoms with Crippen LogP contribution in [0.2, 0.25) is 0 Å². The number of carbonyl (C=O) groups is 2. The Balaban J connectivity index is 3.30. The molecule has 1 N–H and O–H groups in total. The van der Waals surface area contributed by atoms with Crippen LogP contribution in [0.5, 0.6) is 0 Å². The number of hydrogen-bond acceptors (Lipinski definition) is 2. The Morgan fingerprint density at radius 1 is 1.10 bits per heavy atom. The maximum Gasteiger partial charge on any atom is 0.246 e. The molecule has 0 spiro atoms. The molecule has 1 aliphatic heterocycles. The number of carbonyl (C=O) groups excluding carboxylic acids is 2. The van der Waals surface area contributed by atoms with E-state index in [-0.39, 0.29) is 35.4 Å². The average molecular weight is 282 g/mol. The van der Waals surface area contributed by atoms with Gasteiger partial charge >= 0.3 is 0 Å². The number of hydrogen-bond donors (Lipinski definition) is 1. The van der Waals surface area contributed by atoms with Crippen LogP contribution in [-0.2, 0) is 9.59 Å². The fraction of sp³-hybridized carbons (Fsp3) is 0.875. The Kier molecular flexibility index (Phi) is 5.60. The maximum absolute atomic E-state index is 12.9. The topological polar surface area (TPSA) is 49.4 Å². The molecule has 2 amide bonds. The highest BCUT2D eigenvalue weighted by molar-refractivity contribution is 5.97. The van der Waals surface area contributed by atoms with Crippen molar-refractivity contribution in [3.63, 3.8) is 0 Å². The molecule has 0 aromatic heterocycles. The molecule has 0 aromatic carbocycles. The summed E-state index contributed by atoms with van der Waals surface area (Å²) in [6.45, 7) is 12.3. The van der Waals surface area contributed by atoms with Crippen molar-refractivity contribution in [3.8, 4) is 0 Å². The molecule has 2 unspecified atom stereocenters. The highest BCUT2D eigenvalue weighted by atomic mass is 16.2. The van der Waals surface area contributed by atoms with Gasteiger partial charge in [-0.2, -0.15) is 0 Å². The normalized spacial score (nSPS) is 24.2. The Bertz CT molecular complexity index is 353. The Morgan fingerprint density at radius 2 is 1.60 bits per heavy atom. The largest absolute Gasteiger partial charge is 0.343 e. The molecule has 0 bridgehead atoms. The summed E-state index contributed by atoms with van der Waals surface area (Å²) in [4.78, 5) is 27.2. The second-order valence-corrected chi connectivity index (χ2v) is 6.15. The summed E-state index contributed by atoms with van der Waals surface area (Å²) >= 11 is 0. The summed E-state index contributed by atoms with van der Waals surface area (Å²) in [5, 5.41) is 2.89. The summed E-state index contributed by atoms with van der Waals surface area (Å²) in [5.41, 5.74) is -0.197. The van der Waals surface area contributed by atoms with Gasteiger partial charge in [0.15, 0.2) is 0 Å². The molecule has 2 atom stereocenters. The lowest BCUT2D eigenvalue weighted by molar-refractivity contribution is -0.160. The van der Waals surface area contributed by atoms with Crippen molar-refractivity contribution in [2.45, 2.75) is 84.8 Å². The molecular weight excluding hydrogens is 252 g/mol. The molecule has 116 valence electrons. The fourth-order valence-corrected chi connectivity index (χ4v) is 3.41. The van der Waals surface area contributed by atoms with Gasteiger partial charge in [0.25, 0.3) is 0 Å². The van der Waals surface area contributed by atoms with E-state index in [4.69, 9.17) is 0 Å². The minimum atomic E-state index is -0.360. The van der Waals surface area contributed by atoms with E-state index in [0.29, 0.717) is 6.42 Å². The summed E-state index contributed by atoms with van der Waals surface area (Å²) in [6, 6.07) is -0.702. The first-order valence-electron chi connectivity index (χ1n) is 8.02. The second kappa shape index (κ2) is 6.59. The van der Waals surface area contributed by atoms with Crippen LogP contribution in [0.4, 0.5) is 0 Å². The molecule has 0 saturated carbocycles. The van der Waals surface area contributed by atoms with Crippen LogP contribution in [0.1, 0.15) is 67.2 Å². The number of rotatable bonds is 6. The Labute approximate surface area is 123 Å². The Hall–Kier alpha value is -1.06. The predicted molar refractivity (Wildman–Crippen MR) is 81.3 cm³/mol. The molecule has 1 rings (SSSR count). The molecule has 0 aliphatic carbocycles. The first-order chi connectivity index (χ1) is 9.38. The van der Waals surface area contributed by atoms with Gasteiger partial charge in [-0.1, -0.05) is 41.5 Å². The van der Waals surface area contributed by atoms with E-state index in [2.05, 4.69) is 26.1 Å². The summed E-state index contributed by atoms with van der Waals surface area (Å²) < 4.78 is 0. The van der Waals surface area contributed by atoms with Gasteiger partial charge in [-0.25, -0.2) is 0 Å². The van der Waals surface area contributed by atoms with Gasteiger partial charge in [0.2, 0.25) is 11.8 Å². The Morgan fingerprint density at radius 3 is 1.95 bits per heavy atom. The lowest BCUT2D eigenvalue weighted by Crippen LogP contribution is -2.70. The summed E-state index contributed by atoms with van der Waals surface area (Å²) in [6.07, 6.45) is 3.31. The molecular formula is C16H30N2O2. The van der Waals surface area contributed by atoms with Crippen molar-refractivity contribution < 1.29 is 9.59 Å². The highest BCUT2D eigenvalue weighted by Crippen LogP contribution is 2.34. The van der Waals surface area contributed by atoms with Gasteiger partial charge in [0.05, 0.1) is 0 Å². The van der Waals surface area contributed by atoms with Crippen LogP contribution in [-0.4, -0.2) is 34.3 Å². The zero-order valence-electron chi connectivity index (χ0n) is 13.8. The molecule has 20 heavy (non-hydrogen) atoms. The van der Waals surface area contributed by atoms with Crippen LogP contribution in [0, 0.1) is 5.92 Å². The van der Waals surface area contributed by atoms with E-state index < -0.39 is 0 Å². The monoisotopic (exact) mass is 282 g/mol. The molecule has 4 nitrogen and oxygen atoms in total. The molecule has 1 heterocycles.